The van der Waals surface area contributed by atoms with Crippen molar-refractivity contribution in [2.75, 3.05) is 12.3 Å². The second kappa shape index (κ2) is 20.7. The number of amides is 4. The molecule has 0 aliphatic carbocycles. The van der Waals surface area contributed by atoms with Crippen molar-refractivity contribution >= 4 is 52.4 Å². The molecule has 0 spiro atoms. The van der Waals surface area contributed by atoms with Gasteiger partial charge >= 0.3 is 12.1 Å². The van der Waals surface area contributed by atoms with Gasteiger partial charge in [-0.05, 0) is 43.9 Å². The Kier molecular flexibility index (Phi) is 18.7. The van der Waals surface area contributed by atoms with Crippen LogP contribution < -0.4 is 32.1 Å². The fourth-order valence-electron chi connectivity index (χ4n) is 3.36. The number of nitrogens with one attached hydrogen (secondary N) is 4. The van der Waals surface area contributed by atoms with E-state index in [1.807, 2.05) is 13.8 Å². The number of carbonyl (C=O) groups excluding carboxylic acids is 6. The van der Waals surface area contributed by atoms with E-state index in [9.17, 15) is 47.0 Å². The van der Waals surface area contributed by atoms with Gasteiger partial charge in [0.05, 0.1) is 13.0 Å². The predicted molar refractivity (Wildman–Crippen MR) is 159 cm³/mol. The zero-order valence-corrected chi connectivity index (χ0v) is 27.0. The van der Waals surface area contributed by atoms with Crippen LogP contribution in [0.25, 0.3) is 0 Å². The Balaban J connectivity index is 0.00000270. The average molecular weight is 696 g/mol. The molecule has 264 valence electrons. The highest BCUT2D eigenvalue weighted by molar-refractivity contribution is 8.13. The molecule has 4 atom stereocenters. The van der Waals surface area contributed by atoms with Crippen molar-refractivity contribution in [3.8, 4) is 5.75 Å². The van der Waals surface area contributed by atoms with Gasteiger partial charge in [-0.1, -0.05) is 37.7 Å². The molecule has 0 unspecified atom stereocenters. The molecule has 0 aliphatic heterocycles. The first kappa shape index (κ1) is 42.6. The van der Waals surface area contributed by atoms with Gasteiger partial charge < -0.3 is 47.1 Å². The Morgan fingerprint density at radius 2 is 1.38 bits per heavy atom. The van der Waals surface area contributed by atoms with Gasteiger partial charge in [0.2, 0.25) is 22.8 Å². The largest absolute Gasteiger partial charge is 0.542 e. The Morgan fingerprint density at radius 3 is 1.85 bits per heavy atom. The maximum Gasteiger partial charge on any atom is 0.430 e. The Labute approximate surface area is 272 Å². The summed E-state index contributed by atoms with van der Waals surface area (Å²) in [7, 11) is 0. The summed E-state index contributed by atoms with van der Waals surface area (Å²) in [5.41, 5.74) is 4.34. The Morgan fingerprint density at radius 1 is 0.872 bits per heavy atom. The van der Waals surface area contributed by atoms with Crippen molar-refractivity contribution in [1.29, 1.82) is 0 Å². The third-order valence-electron chi connectivity index (χ3n) is 5.77. The molecule has 0 fully saturated rings. The molecule has 0 aliphatic rings. The molecule has 9 N–H and O–H groups in total. The third-order valence-corrected chi connectivity index (χ3v) is 6.64. The van der Waals surface area contributed by atoms with Crippen molar-refractivity contribution in [2.24, 2.45) is 5.92 Å². The average Bonchev–Trinajstić information content (AvgIpc) is 2.95. The van der Waals surface area contributed by atoms with E-state index in [0.717, 1.165) is 11.8 Å². The zero-order chi connectivity index (χ0) is 36.5. The van der Waals surface area contributed by atoms with Crippen LogP contribution in [-0.4, -0.2) is 93.5 Å². The van der Waals surface area contributed by atoms with Crippen LogP contribution in [0.1, 0.15) is 46.1 Å². The fourth-order valence-corrected chi connectivity index (χ4v) is 4.04. The van der Waals surface area contributed by atoms with Crippen molar-refractivity contribution in [3.63, 3.8) is 0 Å². The lowest BCUT2D eigenvalue weighted by Crippen LogP contribution is -2.67. The van der Waals surface area contributed by atoms with E-state index in [4.69, 9.17) is 15.0 Å². The SMILES string of the molecule is CC(C)C[C@H](NC(=O)[C@H](Cc1ccc(O)cc1)NC(=O)[C@H](C)[NH3+])C(=O)N[C@@H](C)C(=O)NCC(=O)SCCC(=O)O.O=C([O-])C(F)(F)F. The van der Waals surface area contributed by atoms with Gasteiger partial charge in [-0.25, -0.2) is 0 Å². The molecule has 0 heterocycles. The lowest BCUT2D eigenvalue weighted by molar-refractivity contribution is -0.398. The van der Waals surface area contributed by atoms with E-state index in [0.29, 0.717) is 5.56 Å². The molecule has 0 saturated carbocycles. The molecule has 1 rings (SSSR count). The highest BCUT2D eigenvalue weighted by Gasteiger charge is 2.30. The Hall–Kier alpha value is -4.39. The molecule has 0 radical (unpaired) electrons. The number of quaternary nitrogens is 1. The molecule has 0 bridgehead atoms. The van der Waals surface area contributed by atoms with Crippen LogP contribution in [0.4, 0.5) is 13.2 Å². The van der Waals surface area contributed by atoms with Gasteiger partial charge in [-0.2, -0.15) is 13.2 Å². The normalized spacial score (nSPS) is 13.5. The molecule has 0 aromatic heterocycles. The minimum absolute atomic E-state index is 0.00867. The molecule has 15 nitrogen and oxygen atoms in total. The number of rotatable bonds is 16. The fraction of sp³-hybridized carbons (Fsp3) is 0.536. The topological polar surface area (TPSA) is 259 Å². The number of thioether (sulfide) groups is 1. The molecule has 19 heteroatoms. The van der Waals surface area contributed by atoms with Crippen LogP contribution in [0.2, 0.25) is 0 Å². The standard InChI is InChI=1S/C26H39N5O8S.C2HF3O2/c1-14(2)11-19(25(38)29-16(4)24(37)28-13-22(35)40-10-9-21(33)34)31-26(39)20(30-23(36)15(3)27)12-17-5-7-18(32)8-6-17;3-2(4,5)1(6)7/h5-8,14-16,19-20,32H,9-13,27H2,1-4H3,(H,28,37)(H,29,38)(H,30,36)(H,31,39)(H,33,34);(H,6,7)/t15-,16-,19-,20-;/m0./s1. The van der Waals surface area contributed by atoms with Gasteiger partial charge in [0.15, 0.2) is 6.04 Å². The molecule has 0 saturated heterocycles. The Bertz CT molecular complexity index is 1250. The second-order valence-corrected chi connectivity index (χ2v) is 11.8. The molecule has 1 aromatic rings. The summed E-state index contributed by atoms with van der Waals surface area (Å²) < 4.78 is 31.5. The van der Waals surface area contributed by atoms with E-state index in [1.54, 1.807) is 19.1 Å². The van der Waals surface area contributed by atoms with Crippen molar-refractivity contribution < 1.29 is 67.8 Å². The third kappa shape index (κ3) is 19.0. The van der Waals surface area contributed by atoms with Gasteiger partial charge in [0.1, 0.15) is 29.8 Å². The maximum absolute atomic E-state index is 13.3. The van der Waals surface area contributed by atoms with Gasteiger partial charge in [0.25, 0.3) is 5.91 Å². The number of alkyl halides is 3. The smallest absolute Gasteiger partial charge is 0.430 e. The number of carboxylic acid groups (broad SMARTS) is 2. The summed E-state index contributed by atoms with van der Waals surface area (Å²) in [4.78, 5) is 82.2. The minimum atomic E-state index is -5.19. The minimum Gasteiger partial charge on any atom is -0.542 e. The summed E-state index contributed by atoms with van der Waals surface area (Å²) in [6.45, 7) is 6.38. The summed E-state index contributed by atoms with van der Waals surface area (Å²) in [6.07, 6.45) is -5.04. The lowest BCUT2D eigenvalue weighted by atomic mass is 10.0. The second-order valence-electron chi connectivity index (χ2n) is 10.6. The van der Waals surface area contributed by atoms with E-state index in [-0.39, 0.29) is 43.2 Å². The highest BCUT2D eigenvalue weighted by Crippen LogP contribution is 2.13. The quantitative estimate of drug-likeness (QED) is 0.102. The van der Waals surface area contributed by atoms with Crippen molar-refractivity contribution in [1.82, 2.24) is 21.3 Å². The van der Waals surface area contributed by atoms with Crippen LogP contribution >= 0.6 is 11.8 Å². The zero-order valence-electron chi connectivity index (χ0n) is 26.1. The number of halogens is 3. The van der Waals surface area contributed by atoms with Crippen molar-refractivity contribution in [3.05, 3.63) is 29.8 Å². The monoisotopic (exact) mass is 695 g/mol. The van der Waals surface area contributed by atoms with Crippen LogP contribution in [-0.2, 0) is 40.0 Å². The van der Waals surface area contributed by atoms with Gasteiger partial charge in [-0.3, -0.25) is 28.8 Å². The number of carbonyl (C=O) groups is 7. The summed E-state index contributed by atoms with van der Waals surface area (Å²) in [6, 6.07) is 2.43. The van der Waals surface area contributed by atoms with Crippen LogP contribution in [0.3, 0.4) is 0 Å². The predicted octanol–water partition coefficient (Wildman–Crippen LogP) is -1.77. The molecular weight excluding hydrogens is 655 g/mol. The van der Waals surface area contributed by atoms with Gasteiger partial charge in [-0.15, -0.1) is 0 Å². The van der Waals surface area contributed by atoms with E-state index in [1.165, 1.54) is 19.1 Å². The first-order valence-corrected chi connectivity index (χ1v) is 15.1. The van der Waals surface area contributed by atoms with Crippen molar-refractivity contribution in [2.45, 2.75) is 77.3 Å². The van der Waals surface area contributed by atoms with Gasteiger partial charge in [0, 0.05) is 12.2 Å². The lowest BCUT2D eigenvalue weighted by Gasteiger charge is -2.25. The first-order chi connectivity index (χ1) is 21.6. The highest BCUT2D eigenvalue weighted by atomic mass is 32.2. The van der Waals surface area contributed by atoms with Crippen LogP contribution in [0, 0.1) is 5.92 Å². The molecule has 1 aromatic carbocycles. The van der Waals surface area contributed by atoms with Crippen LogP contribution in [0.15, 0.2) is 24.3 Å². The summed E-state index contributed by atoms with van der Waals surface area (Å²) >= 11 is 0.785. The molecule has 4 amide bonds. The molecular formula is C28H40F3N5O10S. The summed E-state index contributed by atoms with van der Waals surface area (Å²) in [5.74, 6) is -6.23. The number of phenolic OH excluding ortho intramolecular Hbond substituents is 1. The van der Waals surface area contributed by atoms with E-state index >= 15 is 0 Å². The number of hydrogen-bond acceptors (Lipinski definition) is 10. The van der Waals surface area contributed by atoms with E-state index < -0.39 is 71.0 Å². The number of aromatic hydroxyl groups is 1. The number of phenols is 1. The number of aliphatic carboxylic acids is 2. The number of carboxylic acids is 2. The van der Waals surface area contributed by atoms with Crippen LogP contribution in [0.5, 0.6) is 5.75 Å². The number of benzene rings is 1. The number of hydrogen-bond donors (Lipinski definition) is 7. The molecule has 47 heavy (non-hydrogen) atoms. The summed E-state index contributed by atoms with van der Waals surface area (Å²) in [5, 5.41) is 36.8. The first-order valence-electron chi connectivity index (χ1n) is 14.1. The maximum atomic E-state index is 13.3. The van der Waals surface area contributed by atoms with E-state index in [2.05, 4.69) is 27.0 Å².